The second kappa shape index (κ2) is 14.9. The van der Waals surface area contributed by atoms with Gasteiger partial charge in [0.25, 0.3) is 0 Å². The summed E-state index contributed by atoms with van der Waals surface area (Å²) in [6, 6.07) is 0. The Morgan fingerprint density at radius 2 is 1.63 bits per heavy atom. The Labute approximate surface area is 188 Å². The molecule has 0 amide bonds. The predicted octanol–water partition coefficient (Wildman–Crippen LogP) is 7.25. The van der Waals surface area contributed by atoms with E-state index in [4.69, 9.17) is 9.47 Å². The lowest BCUT2D eigenvalue weighted by molar-refractivity contribution is -0.0776. The van der Waals surface area contributed by atoms with Crippen LogP contribution in [0.1, 0.15) is 113 Å². The van der Waals surface area contributed by atoms with Crippen molar-refractivity contribution in [3.8, 4) is 0 Å². The van der Waals surface area contributed by atoms with Gasteiger partial charge >= 0.3 is 0 Å². The molecule has 0 spiro atoms. The number of aliphatic hydroxyl groups excluding tert-OH is 1. The SMILES string of the molecule is CC(C)CCCC(C)CCCC1CCC(COC(C)(C)CCOC(C)C)C(CO)C1. The van der Waals surface area contributed by atoms with E-state index in [9.17, 15) is 5.11 Å². The first-order chi connectivity index (χ1) is 14.1. The first kappa shape index (κ1) is 27.9. The minimum atomic E-state index is -0.155. The Morgan fingerprint density at radius 3 is 2.27 bits per heavy atom. The van der Waals surface area contributed by atoms with Gasteiger partial charge in [-0.1, -0.05) is 65.7 Å². The average Bonchev–Trinajstić information content (AvgIpc) is 2.66. The molecule has 1 saturated carbocycles. The van der Waals surface area contributed by atoms with E-state index in [1.165, 1.54) is 57.8 Å². The summed E-state index contributed by atoms with van der Waals surface area (Å²) in [5, 5.41) is 9.99. The van der Waals surface area contributed by atoms with Crippen molar-refractivity contribution in [3.05, 3.63) is 0 Å². The van der Waals surface area contributed by atoms with Crippen molar-refractivity contribution in [2.45, 2.75) is 124 Å². The molecule has 0 aromatic carbocycles. The smallest absolute Gasteiger partial charge is 0.0648 e. The number of hydrogen-bond donors (Lipinski definition) is 1. The highest BCUT2D eigenvalue weighted by atomic mass is 16.5. The van der Waals surface area contributed by atoms with Gasteiger partial charge in [0.2, 0.25) is 0 Å². The fourth-order valence-corrected chi connectivity index (χ4v) is 4.85. The maximum Gasteiger partial charge on any atom is 0.0648 e. The zero-order valence-corrected chi connectivity index (χ0v) is 21.4. The summed E-state index contributed by atoms with van der Waals surface area (Å²) >= 11 is 0. The van der Waals surface area contributed by atoms with Crippen LogP contribution >= 0.6 is 0 Å². The molecule has 0 bridgehead atoms. The summed E-state index contributed by atoms with van der Waals surface area (Å²) in [5.74, 6) is 3.42. The molecule has 0 aromatic rings. The molecule has 0 aliphatic heterocycles. The molecule has 30 heavy (non-hydrogen) atoms. The van der Waals surface area contributed by atoms with Crippen LogP contribution in [0.5, 0.6) is 0 Å². The monoisotopic (exact) mass is 426 g/mol. The fourth-order valence-electron chi connectivity index (χ4n) is 4.85. The average molecular weight is 427 g/mol. The summed E-state index contributed by atoms with van der Waals surface area (Å²) in [5.41, 5.74) is -0.155. The fraction of sp³-hybridized carbons (Fsp3) is 1.00. The molecule has 0 radical (unpaired) electrons. The second-order valence-electron chi connectivity index (χ2n) is 11.5. The third-order valence-corrected chi connectivity index (χ3v) is 7.11. The third-order valence-electron chi connectivity index (χ3n) is 7.11. The molecule has 0 aromatic heterocycles. The molecule has 0 heterocycles. The van der Waals surface area contributed by atoms with Crippen LogP contribution in [0, 0.1) is 29.6 Å². The van der Waals surface area contributed by atoms with Crippen LogP contribution in [0.3, 0.4) is 0 Å². The molecule has 4 unspecified atom stereocenters. The quantitative estimate of drug-likeness (QED) is 0.282. The van der Waals surface area contributed by atoms with E-state index in [0.29, 0.717) is 18.4 Å². The van der Waals surface area contributed by atoms with Gasteiger partial charge in [0, 0.05) is 13.2 Å². The summed E-state index contributed by atoms with van der Waals surface area (Å²) in [4.78, 5) is 0. The van der Waals surface area contributed by atoms with Crippen molar-refractivity contribution in [3.63, 3.8) is 0 Å². The van der Waals surface area contributed by atoms with Crippen molar-refractivity contribution in [2.24, 2.45) is 29.6 Å². The third kappa shape index (κ3) is 12.7. The highest BCUT2D eigenvalue weighted by Gasteiger charge is 2.31. The van der Waals surface area contributed by atoms with Crippen LogP contribution in [0.15, 0.2) is 0 Å². The maximum atomic E-state index is 9.99. The van der Waals surface area contributed by atoms with Crippen LogP contribution in [-0.4, -0.2) is 36.6 Å². The Kier molecular flexibility index (Phi) is 13.8. The zero-order chi connectivity index (χ0) is 22.6. The van der Waals surface area contributed by atoms with E-state index in [1.807, 2.05) is 0 Å². The van der Waals surface area contributed by atoms with E-state index >= 15 is 0 Å². The number of ether oxygens (including phenoxy) is 2. The largest absolute Gasteiger partial charge is 0.396 e. The summed E-state index contributed by atoms with van der Waals surface area (Å²) < 4.78 is 12.0. The second-order valence-corrected chi connectivity index (χ2v) is 11.5. The molecule has 1 N–H and O–H groups in total. The van der Waals surface area contributed by atoms with Gasteiger partial charge in [-0.25, -0.2) is 0 Å². The van der Waals surface area contributed by atoms with Crippen molar-refractivity contribution in [1.29, 1.82) is 0 Å². The predicted molar refractivity (Wildman–Crippen MR) is 129 cm³/mol. The molecule has 4 atom stereocenters. The van der Waals surface area contributed by atoms with Crippen LogP contribution < -0.4 is 0 Å². The molecule has 3 heteroatoms. The number of rotatable bonds is 16. The van der Waals surface area contributed by atoms with E-state index in [-0.39, 0.29) is 11.7 Å². The molecular weight excluding hydrogens is 372 g/mol. The highest BCUT2D eigenvalue weighted by Crippen LogP contribution is 2.37. The molecular formula is C27H54O3. The molecule has 180 valence electrons. The van der Waals surface area contributed by atoms with Gasteiger partial charge < -0.3 is 14.6 Å². The van der Waals surface area contributed by atoms with Gasteiger partial charge in [0.1, 0.15) is 0 Å². The van der Waals surface area contributed by atoms with E-state index in [2.05, 4.69) is 48.5 Å². The topological polar surface area (TPSA) is 38.7 Å². The van der Waals surface area contributed by atoms with Crippen LogP contribution in [0.2, 0.25) is 0 Å². The highest BCUT2D eigenvalue weighted by molar-refractivity contribution is 4.81. The van der Waals surface area contributed by atoms with E-state index in [1.54, 1.807) is 0 Å². The molecule has 0 saturated heterocycles. The molecule has 1 fully saturated rings. The Bertz CT molecular complexity index is 418. The first-order valence-electron chi connectivity index (χ1n) is 13.0. The maximum absolute atomic E-state index is 9.99. The summed E-state index contributed by atoms with van der Waals surface area (Å²) in [6.45, 7) is 17.4. The summed E-state index contributed by atoms with van der Waals surface area (Å²) in [7, 11) is 0. The van der Waals surface area contributed by atoms with Gasteiger partial charge in [-0.05, 0) is 76.5 Å². The van der Waals surface area contributed by atoms with Crippen molar-refractivity contribution in [1.82, 2.24) is 0 Å². The summed E-state index contributed by atoms with van der Waals surface area (Å²) in [6.07, 6.45) is 13.1. The molecule has 1 rings (SSSR count). The minimum Gasteiger partial charge on any atom is -0.396 e. The zero-order valence-electron chi connectivity index (χ0n) is 21.4. The van der Waals surface area contributed by atoms with Gasteiger partial charge in [-0.15, -0.1) is 0 Å². The van der Waals surface area contributed by atoms with Crippen molar-refractivity contribution in [2.75, 3.05) is 19.8 Å². The molecule has 3 nitrogen and oxygen atoms in total. The van der Waals surface area contributed by atoms with Crippen LogP contribution in [0.4, 0.5) is 0 Å². The first-order valence-corrected chi connectivity index (χ1v) is 13.0. The molecule has 1 aliphatic carbocycles. The van der Waals surface area contributed by atoms with Crippen molar-refractivity contribution >= 4 is 0 Å². The lowest BCUT2D eigenvalue weighted by atomic mass is 9.73. The molecule has 1 aliphatic rings. The van der Waals surface area contributed by atoms with Crippen molar-refractivity contribution < 1.29 is 14.6 Å². The van der Waals surface area contributed by atoms with Gasteiger partial charge in [0.15, 0.2) is 0 Å². The van der Waals surface area contributed by atoms with E-state index in [0.717, 1.165) is 37.4 Å². The van der Waals surface area contributed by atoms with Crippen LogP contribution in [-0.2, 0) is 9.47 Å². The van der Waals surface area contributed by atoms with Gasteiger partial charge in [0.05, 0.1) is 18.3 Å². The Hall–Kier alpha value is -0.120. The van der Waals surface area contributed by atoms with Gasteiger partial charge in [-0.3, -0.25) is 0 Å². The minimum absolute atomic E-state index is 0.155. The normalized spacial score (nSPS) is 24.0. The lowest BCUT2D eigenvalue weighted by Gasteiger charge is -2.37. The number of aliphatic hydroxyl groups is 1. The Morgan fingerprint density at radius 1 is 0.933 bits per heavy atom. The van der Waals surface area contributed by atoms with E-state index < -0.39 is 0 Å². The number of hydrogen-bond acceptors (Lipinski definition) is 3. The van der Waals surface area contributed by atoms with Gasteiger partial charge in [-0.2, -0.15) is 0 Å². The lowest BCUT2D eigenvalue weighted by Crippen LogP contribution is -2.35. The standard InChI is InChI=1S/C27H54O3/c1-21(2)10-8-11-23(5)12-9-13-24-14-15-25(26(18-24)19-28)20-30-27(6,7)16-17-29-22(3)4/h21-26,28H,8-20H2,1-7H3. The Balaban J connectivity index is 2.27. The van der Waals surface area contributed by atoms with Crippen LogP contribution in [0.25, 0.3) is 0 Å².